The fourth-order valence-electron chi connectivity index (χ4n) is 1.44. The quantitative estimate of drug-likeness (QED) is 0.830. The highest BCUT2D eigenvalue weighted by atomic mass is 15.0. The molecule has 0 saturated heterocycles. The van der Waals surface area contributed by atoms with Gasteiger partial charge in [0.2, 0.25) is 5.95 Å². The molecule has 2 aromatic rings. The Labute approximate surface area is 94.7 Å². The Hall–Kier alpha value is -2.16. The zero-order valence-corrected chi connectivity index (χ0v) is 9.09. The van der Waals surface area contributed by atoms with E-state index in [1.807, 2.05) is 30.4 Å². The van der Waals surface area contributed by atoms with Gasteiger partial charge in [0.1, 0.15) is 0 Å². The molecule has 1 heterocycles. The summed E-state index contributed by atoms with van der Waals surface area (Å²) in [7, 11) is 0. The van der Waals surface area contributed by atoms with Crippen molar-refractivity contribution in [1.29, 1.82) is 0 Å². The predicted molar refractivity (Wildman–Crippen MR) is 66.6 cm³/mol. The molecule has 0 amide bonds. The van der Waals surface area contributed by atoms with Gasteiger partial charge in [0.05, 0.1) is 5.69 Å². The maximum absolute atomic E-state index is 5.50. The molecule has 3 nitrogen and oxygen atoms in total. The Kier molecular flexibility index (Phi) is 2.96. The van der Waals surface area contributed by atoms with E-state index in [2.05, 4.69) is 29.0 Å². The van der Waals surface area contributed by atoms with Crippen LogP contribution in [-0.4, -0.2) is 9.97 Å². The van der Waals surface area contributed by atoms with E-state index in [1.165, 1.54) is 5.56 Å². The lowest BCUT2D eigenvalue weighted by Gasteiger charge is -1.96. The molecule has 0 spiro atoms. The Morgan fingerprint density at radius 3 is 2.81 bits per heavy atom. The summed E-state index contributed by atoms with van der Waals surface area (Å²) in [6.07, 6.45) is 5.58. The van der Waals surface area contributed by atoms with Crippen LogP contribution < -0.4 is 5.73 Å². The molecule has 0 atom stereocenters. The number of hydrogen-bond acceptors (Lipinski definition) is 3. The lowest BCUT2D eigenvalue weighted by atomic mass is 10.1. The highest BCUT2D eigenvalue weighted by Crippen LogP contribution is 2.08. The van der Waals surface area contributed by atoms with Crippen LogP contribution in [0, 0.1) is 6.92 Å². The van der Waals surface area contributed by atoms with E-state index in [1.54, 1.807) is 6.20 Å². The fourth-order valence-corrected chi connectivity index (χ4v) is 1.44. The summed E-state index contributed by atoms with van der Waals surface area (Å²) in [5.41, 5.74) is 8.70. The van der Waals surface area contributed by atoms with Crippen LogP contribution in [0.2, 0.25) is 0 Å². The van der Waals surface area contributed by atoms with Gasteiger partial charge in [-0.2, -0.15) is 0 Å². The van der Waals surface area contributed by atoms with E-state index in [9.17, 15) is 0 Å². The van der Waals surface area contributed by atoms with Crippen LogP contribution in [0.15, 0.2) is 36.5 Å². The van der Waals surface area contributed by atoms with Gasteiger partial charge >= 0.3 is 0 Å². The molecule has 2 rings (SSSR count). The third kappa shape index (κ3) is 2.67. The minimum absolute atomic E-state index is 0.298. The molecule has 0 bridgehead atoms. The first-order valence-electron chi connectivity index (χ1n) is 5.07. The van der Waals surface area contributed by atoms with Crippen LogP contribution >= 0.6 is 0 Å². The zero-order chi connectivity index (χ0) is 11.4. The van der Waals surface area contributed by atoms with Crippen molar-refractivity contribution in [1.82, 2.24) is 9.97 Å². The van der Waals surface area contributed by atoms with Crippen molar-refractivity contribution in [2.24, 2.45) is 0 Å². The number of benzene rings is 1. The third-order valence-electron chi connectivity index (χ3n) is 2.18. The van der Waals surface area contributed by atoms with Gasteiger partial charge in [0.15, 0.2) is 0 Å². The summed E-state index contributed by atoms with van der Waals surface area (Å²) in [6.45, 7) is 2.07. The second-order valence-corrected chi connectivity index (χ2v) is 3.59. The van der Waals surface area contributed by atoms with Crippen molar-refractivity contribution in [3.63, 3.8) is 0 Å². The number of nitrogens with zero attached hydrogens (tertiary/aromatic N) is 2. The van der Waals surface area contributed by atoms with Gasteiger partial charge in [-0.1, -0.05) is 35.9 Å². The lowest BCUT2D eigenvalue weighted by molar-refractivity contribution is 1.17. The average molecular weight is 211 g/mol. The number of aryl methyl sites for hydroxylation is 1. The molecule has 2 N–H and O–H groups in total. The van der Waals surface area contributed by atoms with Crippen LogP contribution in [0.1, 0.15) is 16.8 Å². The lowest BCUT2D eigenvalue weighted by Crippen LogP contribution is -1.94. The Balaban J connectivity index is 2.21. The molecule has 1 aromatic heterocycles. The average Bonchev–Trinajstić information content (AvgIpc) is 2.27. The van der Waals surface area contributed by atoms with E-state index in [-0.39, 0.29) is 0 Å². The summed E-state index contributed by atoms with van der Waals surface area (Å²) in [6, 6.07) is 10.1. The minimum atomic E-state index is 0.298. The molecule has 80 valence electrons. The van der Waals surface area contributed by atoms with Crippen molar-refractivity contribution in [3.8, 4) is 0 Å². The Morgan fingerprint density at radius 1 is 1.19 bits per heavy atom. The molecule has 16 heavy (non-hydrogen) atoms. The van der Waals surface area contributed by atoms with Crippen molar-refractivity contribution in [2.45, 2.75) is 6.92 Å². The molecule has 0 aliphatic rings. The second kappa shape index (κ2) is 4.57. The second-order valence-electron chi connectivity index (χ2n) is 3.59. The van der Waals surface area contributed by atoms with Gasteiger partial charge in [0, 0.05) is 6.20 Å². The highest BCUT2D eigenvalue weighted by molar-refractivity contribution is 5.68. The number of anilines is 1. The van der Waals surface area contributed by atoms with E-state index in [0.717, 1.165) is 11.3 Å². The monoisotopic (exact) mass is 211 g/mol. The van der Waals surface area contributed by atoms with Crippen molar-refractivity contribution in [2.75, 3.05) is 5.73 Å². The molecule has 0 aliphatic heterocycles. The molecule has 0 unspecified atom stereocenters. The summed E-state index contributed by atoms with van der Waals surface area (Å²) < 4.78 is 0. The minimum Gasteiger partial charge on any atom is -0.368 e. The van der Waals surface area contributed by atoms with E-state index >= 15 is 0 Å². The van der Waals surface area contributed by atoms with Crippen molar-refractivity contribution in [3.05, 3.63) is 53.3 Å². The zero-order valence-electron chi connectivity index (χ0n) is 9.09. The SMILES string of the molecule is Cc1cccc(/C=C/c2ccnc(N)n2)c1. The van der Waals surface area contributed by atoms with Crippen LogP contribution in [0.4, 0.5) is 5.95 Å². The smallest absolute Gasteiger partial charge is 0.220 e. The molecular weight excluding hydrogens is 198 g/mol. The first-order valence-corrected chi connectivity index (χ1v) is 5.07. The summed E-state index contributed by atoms with van der Waals surface area (Å²) >= 11 is 0. The van der Waals surface area contributed by atoms with Gasteiger partial charge in [0.25, 0.3) is 0 Å². The topological polar surface area (TPSA) is 51.8 Å². The number of hydrogen-bond donors (Lipinski definition) is 1. The number of aromatic nitrogens is 2. The van der Waals surface area contributed by atoms with E-state index in [4.69, 9.17) is 5.73 Å². The predicted octanol–water partition coefficient (Wildman–Crippen LogP) is 2.54. The summed E-state index contributed by atoms with van der Waals surface area (Å²) in [4.78, 5) is 7.93. The largest absolute Gasteiger partial charge is 0.368 e. The maximum atomic E-state index is 5.50. The molecule has 0 saturated carbocycles. The van der Waals surface area contributed by atoms with Crippen LogP contribution in [0.3, 0.4) is 0 Å². The van der Waals surface area contributed by atoms with E-state index in [0.29, 0.717) is 5.95 Å². The maximum Gasteiger partial charge on any atom is 0.220 e. The van der Waals surface area contributed by atoms with Gasteiger partial charge in [-0.25, -0.2) is 9.97 Å². The van der Waals surface area contributed by atoms with Crippen molar-refractivity contribution >= 4 is 18.1 Å². The number of rotatable bonds is 2. The Morgan fingerprint density at radius 2 is 2.06 bits per heavy atom. The first kappa shape index (κ1) is 10.4. The van der Waals surface area contributed by atoms with Crippen LogP contribution in [0.5, 0.6) is 0 Å². The molecule has 0 radical (unpaired) electrons. The van der Waals surface area contributed by atoms with Gasteiger partial charge < -0.3 is 5.73 Å². The number of nitrogen functional groups attached to an aromatic ring is 1. The van der Waals surface area contributed by atoms with E-state index < -0.39 is 0 Å². The summed E-state index contributed by atoms with van der Waals surface area (Å²) in [5.74, 6) is 0.298. The normalized spacial score (nSPS) is 10.8. The molecular formula is C13H13N3. The van der Waals surface area contributed by atoms with Crippen LogP contribution in [-0.2, 0) is 0 Å². The van der Waals surface area contributed by atoms with Crippen LogP contribution in [0.25, 0.3) is 12.2 Å². The molecule has 1 aromatic carbocycles. The van der Waals surface area contributed by atoms with Crippen molar-refractivity contribution < 1.29 is 0 Å². The molecule has 3 heteroatoms. The first-order chi connectivity index (χ1) is 7.74. The fraction of sp³-hybridized carbons (Fsp3) is 0.0769. The number of nitrogens with two attached hydrogens (primary N) is 1. The third-order valence-corrected chi connectivity index (χ3v) is 2.18. The molecule has 0 fully saturated rings. The van der Waals surface area contributed by atoms with Gasteiger partial charge in [-0.05, 0) is 24.6 Å². The van der Waals surface area contributed by atoms with Gasteiger partial charge in [-0.15, -0.1) is 0 Å². The highest BCUT2D eigenvalue weighted by Gasteiger charge is 1.91. The standard InChI is InChI=1S/C13H13N3/c1-10-3-2-4-11(9-10)5-6-12-7-8-15-13(14)16-12/h2-9H,1H3,(H2,14,15,16)/b6-5+. The Bertz CT molecular complexity index is 471. The van der Waals surface area contributed by atoms with Gasteiger partial charge in [-0.3, -0.25) is 0 Å². The molecule has 0 aliphatic carbocycles. The summed E-state index contributed by atoms with van der Waals surface area (Å²) in [5, 5.41) is 0.